The van der Waals surface area contributed by atoms with E-state index in [-0.39, 0.29) is 37.5 Å². The first-order valence-electron chi connectivity index (χ1n) is 35.1. The molecule has 79 heavy (non-hydrogen) atoms. The van der Waals surface area contributed by atoms with Crippen LogP contribution in [0.5, 0.6) is 0 Å². The van der Waals surface area contributed by atoms with Crippen molar-refractivity contribution in [2.24, 2.45) is 0 Å². The van der Waals surface area contributed by atoms with Crippen LogP contribution >= 0.6 is 0 Å². The summed E-state index contributed by atoms with van der Waals surface area (Å²) in [6.45, 7) is 6.53. The monoisotopic (exact) mass is 1110 g/mol. The van der Waals surface area contributed by atoms with Gasteiger partial charge in [-0.15, -0.1) is 0 Å². The molecule has 0 aliphatic heterocycles. The molecule has 0 aromatic heterocycles. The SMILES string of the molecule is CC/C=C\C/C=C\C/C=C\C/C=C\CCC(=O)OCC(COC(=O)CCCCCCCCCCCCCCCCCCCCCCCCCCCCCCCC)OC(=O)CCCCCCCCCCCCCCCCCCCC. The van der Waals surface area contributed by atoms with E-state index < -0.39 is 6.10 Å². The molecule has 0 aliphatic rings. The summed E-state index contributed by atoms with van der Waals surface area (Å²) in [4.78, 5) is 38.3. The molecule has 0 amide bonds. The largest absolute Gasteiger partial charge is 0.462 e. The van der Waals surface area contributed by atoms with Gasteiger partial charge in [-0.05, 0) is 44.9 Å². The molecule has 0 aromatic carbocycles. The lowest BCUT2D eigenvalue weighted by Crippen LogP contribution is -2.30. The van der Waals surface area contributed by atoms with Crippen LogP contribution < -0.4 is 0 Å². The number of carbonyl (C=O) groups is 3. The summed E-state index contributed by atoms with van der Waals surface area (Å²) in [5.74, 6) is -0.950. The van der Waals surface area contributed by atoms with Gasteiger partial charge in [-0.1, -0.05) is 365 Å². The molecule has 1 atom stereocenters. The predicted octanol–water partition coefficient (Wildman–Crippen LogP) is 24.1. The highest BCUT2D eigenvalue weighted by Gasteiger charge is 2.19. The van der Waals surface area contributed by atoms with Crippen molar-refractivity contribution in [3.8, 4) is 0 Å². The van der Waals surface area contributed by atoms with Crippen molar-refractivity contribution in [2.45, 2.75) is 386 Å². The van der Waals surface area contributed by atoms with Gasteiger partial charge in [0.05, 0.1) is 0 Å². The Hall–Kier alpha value is -2.63. The Kier molecular flexibility index (Phi) is 65.6. The molecule has 0 spiro atoms. The smallest absolute Gasteiger partial charge is 0.306 e. The van der Waals surface area contributed by atoms with Gasteiger partial charge in [0, 0.05) is 19.3 Å². The Bertz CT molecular complexity index is 1360. The zero-order chi connectivity index (χ0) is 57.1. The summed E-state index contributed by atoms with van der Waals surface area (Å²) in [5, 5.41) is 0. The van der Waals surface area contributed by atoms with Crippen molar-refractivity contribution in [1.29, 1.82) is 0 Å². The Morgan fingerprint density at radius 2 is 0.494 bits per heavy atom. The van der Waals surface area contributed by atoms with E-state index in [4.69, 9.17) is 14.2 Å². The lowest BCUT2D eigenvalue weighted by Gasteiger charge is -2.18. The predicted molar refractivity (Wildman–Crippen MR) is 344 cm³/mol. The topological polar surface area (TPSA) is 78.9 Å². The van der Waals surface area contributed by atoms with Crippen LogP contribution in [0.4, 0.5) is 0 Å². The van der Waals surface area contributed by atoms with E-state index in [9.17, 15) is 14.4 Å². The summed E-state index contributed by atoms with van der Waals surface area (Å²) in [7, 11) is 0. The molecule has 0 aliphatic carbocycles. The molecule has 0 saturated heterocycles. The first kappa shape index (κ1) is 76.4. The molecule has 0 rings (SSSR count). The van der Waals surface area contributed by atoms with Crippen molar-refractivity contribution in [2.75, 3.05) is 13.2 Å². The molecule has 0 fully saturated rings. The van der Waals surface area contributed by atoms with Gasteiger partial charge in [-0.3, -0.25) is 14.4 Å². The molecule has 0 N–H and O–H groups in total. The van der Waals surface area contributed by atoms with Gasteiger partial charge in [0.2, 0.25) is 0 Å². The first-order valence-corrected chi connectivity index (χ1v) is 35.1. The van der Waals surface area contributed by atoms with Gasteiger partial charge in [-0.25, -0.2) is 0 Å². The number of rotatable bonds is 65. The Morgan fingerprint density at radius 1 is 0.266 bits per heavy atom. The number of unbranched alkanes of at least 4 members (excludes halogenated alkanes) is 46. The highest BCUT2D eigenvalue weighted by molar-refractivity contribution is 5.71. The molecule has 0 saturated carbocycles. The van der Waals surface area contributed by atoms with Gasteiger partial charge < -0.3 is 14.2 Å². The van der Waals surface area contributed by atoms with Crippen LogP contribution in [-0.2, 0) is 28.6 Å². The minimum absolute atomic E-state index is 0.0898. The van der Waals surface area contributed by atoms with Crippen molar-refractivity contribution in [1.82, 2.24) is 0 Å². The normalized spacial score (nSPS) is 12.3. The maximum Gasteiger partial charge on any atom is 0.306 e. The fraction of sp³-hybridized carbons (Fsp3) is 0.849. The van der Waals surface area contributed by atoms with Crippen LogP contribution in [0.15, 0.2) is 48.6 Å². The molecular formula is C73H134O6. The third-order valence-electron chi connectivity index (χ3n) is 15.9. The maximum absolute atomic E-state index is 12.9. The van der Waals surface area contributed by atoms with Gasteiger partial charge in [0.15, 0.2) is 6.10 Å². The van der Waals surface area contributed by atoms with Gasteiger partial charge in [-0.2, -0.15) is 0 Å². The number of hydrogen-bond donors (Lipinski definition) is 0. The molecular weight excluding hydrogens is 973 g/mol. The summed E-state index contributed by atoms with van der Waals surface area (Å²) in [6.07, 6.45) is 86.1. The fourth-order valence-electron chi connectivity index (χ4n) is 10.6. The van der Waals surface area contributed by atoms with E-state index in [1.807, 2.05) is 6.08 Å². The number of ether oxygens (including phenoxy) is 3. The van der Waals surface area contributed by atoms with E-state index in [2.05, 4.69) is 63.3 Å². The van der Waals surface area contributed by atoms with Crippen LogP contribution in [0.25, 0.3) is 0 Å². The average molecular weight is 1110 g/mol. The molecule has 1 unspecified atom stereocenters. The minimum Gasteiger partial charge on any atom is -0.462 e. The second-order valence-corrected chi connectivity index (χ2v) is 23.8. The second-order valence-electron chi connectivity index (χ2n) is 23.8. The zero-order valence-electron chi connectivity index (χ0n) is 53.2. The Balaban J connectivity index is 4.17. The van der Waals surface area contributed by atoms with Crippen molar-refractivity contribution < 1.29 is 28.6 Å². The van der Waals surface area contributed by atoms with Crippen LogP contribution in [-0.4, -0.2) is 37.2 Å². The molecule has 6 nitrogen and oxygen atoms in total. The summed E-state index contributed by atoms with van der Waals surface area (Å²) < 4.78 is 16.9. The Morgan fingerprint density at radius 3 is 0.772 bits per heavy atom. The second kappa shape index (κ2) is 67.9. The third-order valence-corrected chi connectivity index (χ3v) is 15.9. The van der Waals surface area contributed by atoms with E-state index in [1.165, 1.54) is 270 Å². The zero-order valence-corrected chi connectivity index (χ0v) is 53.2. The highest BCUT2D eigenvalue weighted by atomic mass is 16.6. The lowest BCUT2D eigenvalue weighted by molar-refractivity contribution is -0.166. The highest BCUT2D eigenvalue weighted by Crippen LogP contribution is 2.19. The standard InChI is InChI=1S/C73H134O6/c1-4-7-10-13-16-19-22-25-27-29-31-32-33-34-35-36-37-38-39-40-41-42-44-45-48-51-54-57-60-63-66-72(75)78-69-70(68-77-71(74)65-62-59-56-53-50-47-24-21-18-15-12-9-6-3)79-73(76)67-64-61-58-55-52-49-46-43-30-28-26-23-20-17-14-11-8-5-2/h9,12,18,21,47,50,56,59,70H,4-8,10-11,13-17,19-20,22-46,48-49,51-55,57-58,60-69H2,1-3H3/b12-9-,21-18-,50-47-,59-56-. The van der Waals surface area contributed by atoms with Crippen LogP contribution in [0.1, 0.15) is 380 Å². The molecule has 0 bridgehead atoms. The van der Waals surface area contributed by atoms with Crippen LogP contribution in [0.3, 0.4) is 0 Å². The number of hydrogen-bond acceptors (Lipinski definition) is 6. The van der Waals surface area contributed by atoms with Gasteiger partial charge in [0.25, 0.3) is 0 Å². The van der Waals surface area contributed by atoms with Gasteiger partial charge in [0.1, 0.15) is 13.2 Å². The average Bonchev–Trinajstić information content (AvgIpc) is 3.45. The van der Waals surface area contributed by atoms with Crippen molar-refractivity contribution in [3.63, 3.8) is 0 Å². The fourth-order valence-corrected chi connectivity index (χ4v) is 10.6. The minimum atomic E-state index is -0.799. The summed E-state index contributed by atoms with van der Waals surface area (Å²) >= 11 is 0. The molecule has 462 valence electrons. The lowest BCUT2D eigenvalue weighted by atomic mass is 10.0. The van der Waals surface area contributed by atoms with Crippen LogP contribution in [0, 0.1) is 0 Å². The van der Waals surface area contributed by atoms with E-state index in [0.717, 1.165) is 64.2 Å². The molecule has 0 heterocycles. The molecule has 0 aromatic rings. The summed E-state index contributed by atoms with van der Waals surface area (Å²) in [6, 6.07) is 0. The van der Waals surface area contributed by atoms with E-state index in [0.29, 0.717) is 19.3 Å². The third kappa shape index (κ3) is 66.1. The summed E-state index contributed by atoms with van der Waals surface area (Å²) in [5.41, 5.74) is 0. The van der Waals surface area contributed by atoms with E-state index in [1.54, 1.807) is 0 Å². The maximum atomic E-state index is 12.9. The molecule has 6 heteroatoms. The number of esters is 3. The van der Waals surface area contributed by atoms with E-state index >= 15 is 0 Å². The van der Waals surface area contributed by atoms with Gasteiger partial charge >= 0.3 is 17.9 Å². The van der Waals surface area contributed by atoms with Crippen molar-refractivity contribution >= 4 is 17.9 Å². The number of allylic oxidation sites excluding steroid dienone is 8. The van der Waals surface area contributed by atoms with Crippen LogP contribution in [0.2, 0.25) is 0 Å². The number of carbonyl (C=O) groups excluding carboxylic acids is 3. The quantitative estimate of drug-likeness (QED) is 0.0261. The first-order chi connectivity index (χ1) is 39.0. The van der Waals surface area contributed by atoms with Crippen molar-refractivity contribution in [3.05, 3.63) is 48.6 Å². The Labute approximate surface area is 492 Å². The molecule has 0 radical (unpaired) electrons.